The Morgan fingerprint density at radius 1 is 1.40 bits per heavy atom. The third-order valence-corrected chi connectivity index (χ3v) is 2.89. The van der Waals surface area contributed by atoms with E-state index in [4.69, 9.17) is 6.42 Å². The highest BCUT2D eigenvalue weighted by molar-refractivity contribution is 7.99. The molecule has 0 heterocycles. The van der Waals surface area contributed by atoms with Crippen LogP contribution < -0.4 is 0 Å². The Balaban J connectivity index is 2.64. The summed E-state index contributed by atoms with van der Waals surface area (Å²) in [6.07, 6.45) is 6.69. The van der Waals surface area contributed by atoms with E-state index < -0.39 is 0 Å². The van der Waals surface area contributed by atoms with Crippen molar-refractivity contribution in [1.82, 2.24) is 0 Å². The molecule has 0 saturated carbocycles. The van der Waals surface area contributed by atoms with E-state index >= 15 is 0 Å². The highest BCUT2D eigenvalue weighted by atomic mass is 32.2. The Kier molecular flexibility index (Phi) is 5.00. The van der Waals surface area contributed by atoms with Crippen LogP contribution in [0.3, 0.4) is 0 Å². The van der Waals surface area contributed by atoms with E-state index in [-0.39, 0.29) is 5.78 Å². The number of hydrogen-bond donors (Lipinski definition) is 0. The lowest BCUT2D eigenvalue weighted by atomic mass is 10.1. The van der Waals surface area contributed by atoms with Gasteiger partial charge in [0.1, 0.15) is 0 Å². The number of carbonyl (C=O) groups is 1. The largest absolute Gasteiger partial charge is 0.294 e. The maximum Gasteiger partial charge on any atom is 0.162 e. The molecule has 78 valence electrons. The van der Waals surface area contributed by atoms with Crippen molar-refractivity contribution in [3.05, 3.63) is 29.8 Å². The van der Waals surface area contributed by atoms with E-state index in [0.29, 0.717) is 12.2 Å². The first kappa shape index (κ1) is 11.9. The lowest BCUT2D eigenvalue weighted by Gasteiger charge is -2.01. The molecule has 1 rings (SSSR count). The third-order valence-electron chi connectivity index (χ3n) is 1.98. The third kappa shape index (κ3) is 3.81. The van der Waals surface area contributed by atoms with Gasteiger partial charge in [-0.15, -0.1) is 18.2 Å². The zero-order chi connectivity index (χ0) is 11.1. The fraction of sp³-hybridized carbons (Fsp3) is 0.308. The standard InChI is InChI=1S/C13H14OS/c1-3-5-13(14)11-6-8-12(9-7-11)15-10-4-2/h2,6-9H,3,5,10H2,1H3. The van der Waals surface area contributed by atoms with E-state index in [2.05, 4.69) is 5.92 Å². The lowest BCUT2D eigenvalue weighted by Crippen LogP contribution is -1.97. The lowest BCUT2D eigenvalue weighted by molar-refractivity contribution is 0.0981. The van der Waals surface area contributed by atoms with Crippen molar-refractivity contribution < 1.29 is 4.79 Å². The molecule has 0 aromatic heterocycles. The van der Waals surface area contributed by atoms with Crippen LogP contribution in [0.5, 0.6) is 0 Å². The first-order valence-corrected chi connectivity index (χ1v) is 5.96. The van der Waals surface area contributed by atoms with Crippen LogP contribution in [0.4, 0.5) is 0 Å². The quantitative estimate of drug-likeness (QED) is 0.428. The SMILES string of the molecule is C#CCSc1ccc(C(=O)CCC)cc1. The van der Waals surface area contributed by atoms with E-state index in [1.165, 1.54) is 0 Å². The number of terminal acetylenes is 1. The second-order valence-electron chi connectivity index (χ2n) is 3.19. The molecule has 0 radical (unpaired) electrons. The molecular weight excluding hydrogens is 204 g/mol. The highest BCUT2D eigenvalue weighted by Crippen LogP contribution is 2.18. The molecule has 0 unspecified atom stereocenters. The Morgan fingerprint density at radius 2 is 2.07 bits per heavy atom. The number of hydrogen-bond acceptors (Lipinski definition) is 2. The molecule has 0 N–H and O–H groups in total. The maximum atomic E-state index is 11.5. The van der Waals surface area contributed by atoms with Gasteiger partial charge in [0.2, 0.25) is 0 Å². The minimum absolute atomic E-state index is 0.214. The summed E-state index contributed by atoms with van der Waals surface area (Å²) < 4.78 is 0. The Labute approximate surface area is 95.3 Å². The molecule has 0 aliphatic rings. The van der Waals surface area contributed by atoms with Gasteiger partial charge < -0.3 is 0 Å². The summed E-state index contributed by atoms with van der Waals surface area (Å²) in [5.41, 5.74) is 0.793. The summed E-state index contributed by atoms with van der Waals surface area (Å²) in [5, 5.41) is 0. The van der Waals surface area contributed by atoms with Gasteiger partial charge in [0.25, 0.3) is 0 Å². The van der Waals surface area contributed by atoms with Crippen molar-refractivity contribution in [1.29, 1.82) is 0 Å². The highest BCUT2D eigenvalue weighted by Gasteiger charge is 2.03. The van der Waals surface area contributed by atoms with E-state index in [9.17, 15) is 4.79 Å². The molecule has 0 atom stereocenters. The Bertz CT molecular complexity index is 359. The summed E-state index contributed by atoms with van der Waals surface area (Å²) in [6.45, 7) is 2.01. The summed E-state index contributed by atoms with van der Waals surface area (Å²) in [7, 11) is 0. The van der Waals surface area contributed by atoms with Crippen LogP contribution in [0, 0.1) is 12.3 Å². The molecule has 0 aliphatic heterocycles. The van der Waals surface area contributed by atoms with Crippen molar-refractivity contribution in [2.45, 2.75) is 24.7 Å². The van der Waals surface area contributed by atoms with Crippen LogP contribution in [-0.4, -0.2) is 11.5 Å². The maximum absolute atomic E-state index is 11.5. The van der Waals surface area contributed by atoms with Gasteiger partial charge in [-0.1, -0.05) is 25.0 Å². The van der Waals surface area contributed by atoms with Gasteiger partial charge in [0.15, 0.2) is 5.78 Å². The van der Waals surface area contributed by atoms with Gasteiger partial charge >= 0.3 is 0 Å². The molecule has 0 amide bonds. The van der Waals surface area contributed by atoms with Crippen LogP contribution in [0.1, 0.15) is 30.1 Å². The normalized spacial score (nSPS) is 9.60. The zero-order valence-corrected chi connectivity index (χ0v) is 9.64. The number of Topliss-reactive ketones (excluding diaryl/α,β-unsaturated/α-hetero) is 1. The molecule has 2 heteroatoms. The minimum Gasteiger partial charge on any atom is -0.294 e. The van der Waals surface area contributed by atoms with Crippen molar-refractivity contribution in [2.75, 3.05) is 5.75 Å². The average Bonchev–Trinajstić information content (AvgIpc) is 2.27. The first-order chi connectivity index (χ1) is 7.27. The minimum atomic E-state index is 0.214. The molecule has 1 aromatic rings. The smallest absolute Gasteiger partial charge is 0.162 e. The summed E-state index contributed by atoms with van der Waals surface area (Å²) in [6, 6.07) is 7.64. The summed E-state index contributed by atoms with van der Waals surface area (Å²) in [4.78, 5) is 12.6. The second-order valence-corrected chi connectivity index (χ2v) is 4.24. The predicted molar refractivity (Wildman–Crippen MR) is 65.2 cm³/mol. The van der Waals surface area contributed by atoms with Crippen LogP contribution in [0.15, 0.2) is 29.2 Å². The molecule has 1 nitrogen and oxygen atoms in total. The second kappa shape index (κ2) is 6.31. The Hall–Kier alpha value is -1.20. The van der Waals surface area contributed by atoms with Crippen LogP contribution in [-0.2, 0) is 0 Å². The summed E-state index contributed by atoms with van der Waals surface area (Å²) in [5.74, 6) is 3.45. The number of rotatable bonds is 5. The number of thioether (sulfide) groups is 1. The van der Waals surface area contributed by atoms with Crippen molar-refractivity contribution in [3.8, 4) is 12.3 Å². The van der Waals surface area contributed by atoms with Gasteiger partial charge in [-0.25, -0.2) is 0 Å². The molecule has 1 aromatic carbocycles. The Morgan fingerprint density at radius 3 is 2.60 bits per heavy atom. The van der Waals surface area contributed by atoms with Crippen LogP contribution >= 0.6 is 11.8 Å². The number of carbonyl (C=O) groups excluding carboxylic acids is 1. The first-order valence-electron chi connectivity index (χ1n) is 4.97. The van der Waals surface area contributed by atoms with Gasteiger partial charge in [0.05, 0.1) is 5.75 Å². The van der Waals surface area contributed by atoms with Crippen LogP contribution in [0.25, 0.3) is 0 Å². The van der Waals surface area contributed by atoms with Crippen molar-refractivity contribution >= 4 is 17.5 Å². The average molecular weight is 218 g/mol. The predicted octanol–water partition coefficient (Wildman–Crippen LogP) is 3.39. The molecule has 0 spiro atoms. The van der Waals surface area contributed by atoms with Crippen molar-refractivity contribution in [2.24, 2.45) is 0 Å². The molecule has 0 fully saturated rings. The van der Waals surface area contributed by atoms with Crippen LogP contribution in [0.2, 0.25) is 0 Å². The molecule has 0 saturated heterocycles. The van der Waals surface area contributed by atoms with Crippen molar-refractivity contribution in [3.63, 3.8) is 0 Å². The molecular formula is C13H14OS. The van der Waals surface area contributed by atoms with Gasteiger partial charge in [-0.05, 0) is 18.6 Å². The summed E-state index contributed by atoms with van der Waals surface area (Å²) >= 11 is 1.61. The van der Waals surface area contributed by atoms with E-state index in [1.807, 2.05) is 31.2 Å². The molecule has 0 bridgehead atoms. The van der Waals surface area contributed by atoms with E-state index in [1.54, 1.807) is 11.8 Å². The molecule has 0 aliphatic carbocycles. The zero-order valence-electron chi connectivity index (χ0n) is 8.82. The van der Waals surface area contributed by atoms with Gasteiger partial charge in [-0.2, -0.15) is 0 Å². The fourth-order valence-electron chi connectivity index (χ4n) is 1.23. The fourth-order valence-corrected chi connectivity index (χ4v) is 1.81. The van der Waals surface area contributed by atoms with Gasteiger partial charge in [0, 0.05) is 16.9 Å². The topological polar surface area (TPSA) is 17.1 Å². The van der Waals surface area contributed by atoms with Gasteiger partial charge in [-0.3, -0.25) is 4.79 Å². The van der Waals surface area contributed by atoms with E-state index in [0.717, 1.165) is 16.9 Å². The molecule has 15 heavy (non-hydrogen) atoms. The monoisotopic (exact) mass is 218 g/mol. The number of benzene rings is 1. The number of ketones is 1.